The fourth-order valence-electron chi connectivity index (χ4n) is 2.81. The van der Waals surface area contributed by atoms with Crippen molar-refractivity contribution >= 4 is 67.2 Å². The minimum absolute atomic E-state index is 0.179. The third kappa shape index (κ3) is 7.62. The van der Waals surface area contributed by atoms with Gasteiger partial charge in [-0.3, -0.25) is 14.4 Å². The monoisotopic (exact) mass is 598 g/mol. The summed E-state index contributed by atoms with van der Waals surface area (Å²) in [6.45, 7) is 3.90. The Bertz CT molecular complexity index is 1280. The van der Waals surface area contributed by atoms with Crippen molar-refractivity contribution < 1.29 is 19.1 Å². The van der Waals surface area contributed by atoms with Gasteiger partial charge in [0.15, 0.2) is 0 Å². The van der Waals surface area contributed by atoms with Crippen LogP contribution in [-0.4, -0.2) is 30.5 Å². The van der Waals surface area contributed by atoms with Crippen molar-refractivity contribution in [2.24, 2.45) is 5.10 Å². The highest BCUT2D eigenvalue weighted by atomic mass is 79.9. The van der Waals surface area contributed by atoms with Crippen LogP contribution in [0.4, 0.5) is 11.4 Å². The van der Waals surface area contributed by atoms with Gasteiger partial charge in [-0.1, -0.05) is 56.6 Å². The molecule has 8 nitrogen and oxygen atoms in total. The molecule has 0 aromatic heterocycles. The van der Waals surface area contributed by atoms with E-state index in [1.54, 1.807) is 60.7 Å². The molecule has 35 heavy (non-hydrogen) atoms. The van der Waals surface area contributed by atoms with E-state index >= 15 is 0 Å². The van der Waals surface area contributed by atoms with E-state index in [1.807, 2.05) is 0 Å². The average Bonchev–Trinajstić information content (AvgIpc) is 2.85. The summed E-state index contributed by atoms with van der Waals surface area (Å²) in [6, 6.07) is 18.7. The second-order valence-electron chi connectivity index (χ2n) is 6.94. The lowest BCUT2D eigenvalue weighted by Gasteiger charge is -2.11. The normalized spacial score (nSPS) is 10.5. The molecule has 0 saturated carbocycles. The molecular formula is C25H20Br2N4O4. The number of carbonyl (C=O) groups excluding carboxylic acids is 3. The number of nitrogens with zero attached hydrogens (tertiary/aromatic N) is 1. The molecule has 3 N–H and O–H groups in total. The first kappa shape index (κ1) is 25.9. The lowest BCUT2D eigenvalue weighted by molar-refractivity contribution is -0.136. The summed E-state index contributed by atoms with van der Waals surface area (Å²) in [5, 5.41) is 9.03. The lowest BCUT2D eigenvalue weighted by atomic mass is 10.1. The molecule has 0 heterocycles. The molecule has 0 radical (unpaired) electrons. The van der Waals surface area contributed by atoms with Gasteiger partial charge < -0.3 is 15.4 Å². The molecule has 0 bridgehead atoms. The van der Waals surface area contributed by atoms with Gasteiger partial charge in [0.05, 0.1) is 17.5 Å². The minimum atomic E-state index is -1.01. The van der Waals surface area contributed by atoms with Gasteiger partial charge in [0.2, 0.25) is 0 Å². The van der Waals surface area contributed by atoms with E-state index in [-0.39, 0.29) is 11.3 Å². The summed E-state index contributed by atoms with van der Waals surface area (Å²) in [6.07, 6.45) is 2.96. The number of rotatable bonds is 8. The van der Waals surface area contributed by atoms with E-state index in [0.29, 0.717) is 23.6 Å². The highest BCUT2D eigenvalue weighted by Crippen LogP contribution is 2.22. The first-order chi connectivity index (χ1) is 16.9. The summed E-state index contributed by atoms with van der Waals surface area (Å²) in [4.78, 5) is 37.4. The molecule has 3 rings (SSSR count). The third-order valence-corrected chi connectivity index (χ3v) is 5.45. The number of hydrazone groups is 1. The van der Waals surface area contributed by atoms with Gasteiger partial charge in [0, 0.05) is 20.2 Å². The van der Waals surface area contributed by atoms with Crippen LogP contribution in [0.1, 0.15) is 15.9 Å². The SMILES string of the molecule is C=CCOc1ccc(Br)cc1/C=N/NC(=O)C(=O)Nc1ccccc1C(=O)Nc1ccc(Br)cc1. The highest BCUT2D eigenvalue weighted by molar-refractivity contribution is 9.10. The van der Waals surface area contributed by atoms with Gasteiger partial charge in [0.25, 0.3) is 5.91 Å². The summed E-state index contributed by atoms with van der Waals surface area (Å²) in [5.41, 5.74) is 3.70. The van der Waals surface area contributed by atoms with Crippen molar-refractivity contribution in [3.63, 3.8) is 0 Å². The van der Waals surface area contributed by atoms with E-state index in [1.165, 1.54) is 18.3 Å². The molecule has 3 aromatic carbocycles. The van der Waals surface area contributed by atoms with Crippen LogP contribution in [0.2, 0.25) is 0 Å². The van der Waals surface area contributed by atoms with Gasteiger partial charge in [-0.25, -0.2) is 5.43 Å². The summed E-state index contributed by atoms with van der Waals surface area (Å²) in [5.74, 6) is -1.90. The number of halogens is 2. The van der Waals surface area contributed by atoms with Crippen LogP contribution in [-0.2, 0) is 9.59 Å². The number of hydrogen-bond donors (Lipinski definition) is 3. The third-order valence-electron chi connectivity index (χ3n) is 4.43. The van der Waals surface area contributed by atoms with Crippen LogP contribution in [0.3, 0.4) is 0 Å². The first-order valence-electron chi connectivity index (χ1n) is 10.2. The number of nitrogens with one attached hydrogen (secondary N) is 3. The molecule has 3 amide bonds. The van der Waals surface area contributed by atoms with Crippen LogP contribution in [0.5, 0.6) is 5.75 Å². The zero-order valence-electron chi connectivity index (χ0n) is 18.3. The predicted molar refractivity (Wildman–Crippen MR) is 143 cm³/mol. The van der Waals surface area contributed by atoms with E-state index in [4.69, 9.17) is 4.74 Å². The molecule has 0 aliphatic heterocycles. The molecule has 0 fully saturated rings. The van der Waals surface area contributed by atoms with Crippen LogP contribution in [0.25, 0.3) is 0 Å². The van der Waals surface area contributed by atoms with E-state index in [2.05, 4.69) is 59.6 Å². The van der Waals surface area contributed by atoms with E-state index < -0.39 is 17.7 Å². The number of ether oxygens (including phenoxy) is 1. The maximum Gasteiger partial charge on any atom is 0.329 e. The molecule has 10 heteroatoms. The van der Waals surface area contributed by atoms with Gasteiger partial charge in [-0.05, 0) is 54.6 Å². The standard InChI is InChI=1S/C25H20Br2N4O4/c1-2-13-35-22-12-9-18(27)14-16(22)15-28-31-25(34)24(33)30-21-6-4-3-5-20(21)23(32)29-19-10-7-17(26)8-11-19/h2-12,14-15H,1,13H2,(H,29,32)(H,30,33)(H,31,34)/b28-15+. The number of hydrogen-bond acceptors (Lipinski definition) is 5. The Hall–Kier alpha value is -3.76. The summed E-state index contributed by atoms with van der Waals surface area (Å²) >= 11 is 6.70. The smallest absolute Gasteiger partial charge is 0.329 e. The second-order valence-corrected chi connectivity index (χ2v) is 8.77. The summed E-state index contributed by atoms with van der Waals surface area (Å²) in [7, 11) is 0. The van der Waals surface area contributed by atoms with Crippen LogP contribution in [0.15, 0.2) is 93.4 Å². The fourth-order valence-corrected chi connectivity index (χ4v) is 3.46. The van der Waals surface area contributed by atoms with Crippen molar-refractivity contribution in [3.05, 3.63) is 99.5 Å². The van der Waals surface area contributed by atoms with Crippen molar-refractivity contribution in [2.45, 2.75) is 0 Å². The number of carbonyl (C=O) groups is 3. The zero-order valence-corrected chi connectivity index (χ0v) is 21.4. The molecule has 178 valence electrons. The molecule has 0 spiro atoms. The Morgan fingerprint density at radius 3 is 2.37 bits per heavy atom. The Kier molecular flexibility index (Phi) is 9.33. The van der Waals surface area contributed by atoms with Gasteiger partial charge in [-0.2, -0.15) is 5.10 Å². The molecule has 0 saturated heterocycles. The molecule has 0 atom stereocenters. The molecule has 0 unspecified atom stereocenters. The topological polar surface area (TPSA) is 109 Å². The quantitative estimate of drug-likeness (QED) is 0.145. The van der Waals surface area contributed by atoms with E-state index in [0.717, 1.165) is 8.95 Å². The number of para-hydroxylation sites is 1. The maximum absolute atomic E-state index is 12.7. The largest absolute Gasteiger partial charge is 0.489 e. The maximum atomic E-state index is 12.7. The van der Waals surface area contributed by atoms with Gasteiger partial charge in [-0.15, -0.1) is 0 Å². The molecule has 0 aliphatic carbocycles. The average molecular weight is 600 g/mol. The molecule has 3 aromatic rings. The van der Waals surface area contributed by atoms with Crippen LogP contribution in [0, 0.1) is 0 Å². The Morgan fingerprint density at radius 2 is 1.63 bits per heavy atom. The fraction of sp³-hybridized carbons (Fsp3) is 0.0400. The Labute approximate surface area is 218 Å². The Morgan fingerprint density at radius 1 is 0.914 bits per heavy atom. The van der Waals surface area contributed by atoms with Crippen molar-refractivity contribution in [1.82, 2.24) is 5.43 Å². The number of anilines is 2. The zero-order chi connectivity index (χ0) is 25.2. The van der Waals surface area contributed by atoms with Crippen molar-refractivity contribution in [1.29, 1.82) is 0 Å². The van der Waals surface area contributed by atoms with Gasteiger partial charge in [0.1, 0.15) is 12.4 Å². The molecular weight excluding hydrogens is 580 g/mol. The van der Waals surface area contributed by atoms with Crippen LogP contribution < -0.4 is 20.8 Å². The lowest BCUT2D eigenvalue weighted by Crippen LogP contribution is -2.33. The summed E-state index contributed by atoms with van der Waals surface area (Å²) < 4.78 is 7.20. The van der Waals surface area contributed by atoms with Crippen molar-refractivity contribution in [2.75, 3.05) is 17.2 Å². The van der Waals surface area contributed by atoms with Crippen molar-refractivity contribution in [3.8, 4) is 5.75 Å². The number of benzene rings is 3. The minimum Gasteiger partial charge on any atom is -0.489 e. The van der Waals surface area contributed by atoms with Gasteiger partial charge >= 0.3 is 11.8 Å². The first-order valence-corrected chi connectivity index (χ1v) is 11.8. The second kappa shape index (κ2) is 12.6. The van der Waals surface area contributed by atoms with E-state index in [9.17, 15) is 14.4 Å². The number of amides is 3. The predicted octanol–water partition coefficient (Wildman–Crippen LogP) is 5.12. The molecule has 0 aliphatic rings. The Balaban J connectivity index is 1.65. The van der Waals surface area contributed by atoms with Crippen LogP contribution >= 0.6 is 31.9 Å². The highest BCUT2D eigenvalue weighted by Gasteiger charge is 2.18.